The standard InChI is InChI=1S/C14H20O3/c1-9(2)10(3)14(15)11-6-12(16-4)8-13(7-11)17-5/h6-10H,1-5H3. The van der Waals surface area contributed by atoms with E-state index in [9.17, 15) is 4.79 Å². The normalized spacial score (nSPS) is 12.4. The van der Waals surface area contributed by atoms with E-state index in [0.717, 1.165) is 0 Å². The maximum absolute atomic E-state index is 12.2. The molecular weight excluding hydrogens is 216 g/mol. The molecule has 1 aromatic rings. The molecule has 17 heavy (non-hydrogen) atoms. The number of carbonyl (C=O) groups excluding carboxylic acids is 1. The summed E-state index contributed by atoms with van der Waals surface area (Å²) in [6.45, 7) is 6.03. The maximum atomic E-state index is 12.2. The molecule has 0 saturated carbocycles. The third-order valence-corrected chi connectivity index (χ3v) is 3.05. The quantitative estimate of drug-likeness (QED) is 0.736. The molecule has 0 aliphatic heterocycles. The fraction of sp³-hybridized carbons (Fsp3) is 0.500. The summed E-state index contributed by atoms with van der Waals surface area (Å²) in [6.07, 6.45) is 0. The molecule has 1 aromatic carbocycles. The molecule has 0 amide bonds. The molecule has 0 bridgehead atoms. The molecule has 0 heterocycles. The average Bonchev–Trinajstić information content (AvgIpc) is 2.35. The first-order chi connectivity index (χ1) is 7.99. The summed E-state index contributed by atoms with van der Waals surface area (Å²) in [4.78, 5) is 12.2. The molecule has 3 nitrogen and oxygen atoms in total. The van der Waals surface area contributed by atoms with E-state index < -0.39 is 0 Å². The third-order valence-electron chi connectivity index (χ3n) is 3.05. The number of rotatable bonds is 5. The monoisotopic (exact) mass is 236 g/mol. The molecule has 0 spiro atoms. The summed E-state index contributed by atoms with van der Waals surface area (Å²) in [5, 5.41) is 0. The summed E-state index contributed by atoms with van der Waals surface area (Å²) in [5.74, 6) is 1.72. The number of carbonyl (C=O) groups is 1. The molecule has 1 atom stereocenters. The first-order valence-corrected chi connectivity index (χ1v) is 5.76. The Kier molecular flexibility index (Phi) is 4.55. The topological polar surface area (TPSA) is 35.5 Å². The van der Waals surface area contributed by atoms with Crippen molar-refractivity contribution >= 4 is 5.78 Å². The Balaban J connectivity index is 3.08. The second-order valence-electron chi connectivity index (χ2n) is 4.50. The Hall–Kier alpha value is -1.51. The Labute approximate surface area is 103 Å². The van der Waals surface area contributed by atoms with E-state index in [4.69, 9.17) is 9.47 Å². The number of hydrogen-bond donors (Lipinski definition) is 0. The van der Waals surface area contributed by atoms with Crippen LogP contribution in [0.1, 0.15) is 31.1 Å². The zero-order valence-corrected chi connectivity index (χ0v) is 11.1. The first-order valence-electron chi connectivity index (χ1n) is 5.76. The zero-order chi connectivity index (χ0) is 13.0. The zero-order valence-electron chi connectivity index (χ0n) is 11.1. The number of methoxy groups -OCH3 is 2. The Morgan fingerprint density at radius 3 is 1.82 bits per heavy atom. The van der Waals surface area contributed by atoms with Crippen LogP contribution in [-0.4, -0.2) is 20.0 Å². The van der Waals surface area contributed by atoms with Gasteiger partial charge in [-0.05, 0) is 18.1 Å². The van der Waals surface area contributed by atoms with Crippen LogP contribution in [0.4, 0.5) is 0 Å². The second-order valence-corrected chi connectivity index (χ2v) is 4.50. The van der Waals surface area contributed by atoms with Crippen molar-refractivity contribution < 1.29 is 14.3 Å². The number of ketones is 1. The van der Waals surface area contributed by atoms with Gasteiger partial charge in [0.05, 0.1) is 14.2 Å². The Morgan fingerprint density at radius 2 is 1.47 bits per heavy atom. The van der Waals surface area contributed by atoms with Crippen molar-refractivity contribution in [1.29, 1.82) is 0 Å². The van der Waals surface area contributed by atoms with E-state index in [1.807, 2.05) is 20.8 Å². The Morgan fingerprint density at radius 1 is 1.00 bits per heavy atom. The average molecular weight is 236 g/mol. The van der Waals surface area contributed by atoms with E-state index in [1.54, 1.807) is 32.4 Å². The molecule has 1 rings (SSSR count). The maximum Gasteiger partial charge on any atom is 0.166 e. The van der Waals surface area contributed by atoms with E-state index in [0.29, 0.717) is 23.0 Å². The highest BCUT2D eigenvalue weighted by molar-refractivity contribution is 5.98. The number of hydrogen-bond acceptors (Lipinski definition) is 3. The number of ether oxygens (including phenoxy) is 2. The molecule has 0 aliphatic rings. The highest BCUT2D eigenvalue weighted by Crippen LogP contribution is 2.25. The van der Waals surface area contributed by atoms with Crippen molar-refractivity contribution in [2.24, 2.45) is 11.8 Å². The van der Waals surface area contributed by atoms with Crippen molar-refractivity contribution in [3.63, 3.8) is 0 Å². The van der Waals surface area contributed by atoms with Gasteiger partial charge in [-0.3, -0.25) is 4.79 Å². The van der Waals surface area contributed by atoms with Gasteiger partial charge in [0.1, 0.15) is 11.5 Å². The summed E-state index contributed by atoms with van der Waals surface area (Å²) >= 11 is 0. The highest BCUT2D eigenvalue weighted by atomic mass is 16.5. The van der Waals surface area contributed by atoms with Gasteiger partial charge < -0.3 is 9.47 Å². The largest absolute Gasteiger partial charge is 0.497 e. The molecule has 1 unspecified atom stereocenters. The van der Waals surface area contributed by atoms with Gasteiger partial charge in [0, 0.05) is 17.5 Å². The minimum Gasteiger partial charge on any atom is -0.497 e. The number of Topliss-reactive ketones (excluding diaryl/α,β-unsaturated/α-hetero) is 1. The van der Waals surface area contributed by atoms with Crippen molar-refractivity contribution in [3.05, 3.63) is 23.8 Å². The molecule has 3 heteroatoms. The smallest absolute Gasteiger partial charge is 0.166 e. The molecule has 0 N–H and O–H groups in total. The van der Waals surface area contributed by atoms with E-state index in [1.165, 1.54) is 0 Å². The summed E-state index contributed by atoms with van der Waals surface area (Å²) < 4.78 is 10.3. The third kappa shape index (κ3) is 3.22. The van der Waals surface area contributed by atoms with Crippen LogP contribution in [0, 0.1) is 11.8 Å². The first kappa shape index (κ1) is 13.6. The van der Waals surface area contributed by atoms with Gasteiger partial charge in [-0.15, -0.1) is 0 Å². The summed E-state index contributed by atoms with van der Waals surface area (Å²) in [5.41, 5.74) is 0.641. The fourth-order valence-corrected chi connectivity index (χ4v) is 1.52. The SMILES string of the molecule is COc1cc(OC)cc(C(=O)C(C)C(C)C)c1. The van der Waals surface area contributed by atoms with E-state index in [-0.39, 0.29) is 11.7 Å². The van der Waals surface area contributed by atoms with Crippen LogP contribution in [-0.2, 0) is 0 Å². The van der Waals surface area contributed by atoms with Crippen molar-refractivity contribution in [3.8, 4) is 11.5 Å². The van der Waals surface area contributed by atoms with Crippen LogP contribution < -0.4 is 9.47 Å². The molecule has 0 aromatic heterocycles. The lowest BCUT2D eigenvalue weighted by atomic mass is 9.89. The van der Waals surface area contributed by atoms with Crippen LogP contribution in [0.5, 0.6) is 11.5 Å². The van der Waals surface area contributed by atoms with Crippen molar-refractivity contribution in [2.45, 2.75) is 20.8 Å². The Bertz CT molecular complexity index is 374. The molecule has 94 valence electrons. The second kappa shape index (κ2) is 5.71. The minimum atomic E-state index is -0.00758. The van der Waals surface area contributed by atoms with E-state index in [2.05, 4.69) is 0 Å². The summed E-state index contributed by atoms with van der Waals surface area (Å²) in [7, 11) is 3.16. The molecule has 0 radical (unpaired) electrons. The molecule has 0 saturated heterocycles. The minimum absolute atomic E-state index is 0.00758. The molecular formula is C14H20O3. The lowest BCUT2D eigenvalue weighted by molar-refractivity contribution is 0.0899. The fourth-order valence-electron chi connectivity index (χ4n) is 1.52. The van der Waals surface area contributed by atoms with Crippen molar-refractivity contribution in [2.75, 3.05) is 14.2 Å². The van der Waals surface area contributed by atoms with Crippen LogP contribution in [0.25, 0.3) is 0 Å². The summed E-state index contributed by atoms with van der Waals surface area (Å²) in [6, 6.07) is 5.27. The van der Waals surface area contributed by atoms with E-state index >= 15 is 0 Å². The van der Waals surface area contributed by atoms with Crippen LogP contribution in [0.15, 0.2) is 18.2 Å². The predicted octanol–water partition coefficient (Wildman–Crippen LogP) is 3.18. The van der Waals surface area contributed by atoms with Gasteiger partial charge in [0.2, 0.25) is 0 Å². The van der Waals surface area contributed by atoms with Crippen LogP contribution in [0.2, 0.25) is 0 Å². The van der Waals surface area contributed by atoms with Crippen molar-refractivity contribution in [1.82, 2.24) is 0 Å². The predicted molar refractivity (Wildman–Crippen MR) is 67.9 cm³/mol. The molecule has 0 aliphatic carbocycles. The molecule has 0 fully saturated rings. The van der Waals surface area contributed by atoms with Gasteiger partial charge >= 0.3 is 0 Å². The van der Waals surface area contributed by atoms with Gasteiger partial charge in [0.15, 0.2) is 5.78 Å². The van der Waals surface area contributed by atoms with Gasteiger partial charge in [-0.2, -0.15) is 0 Å². The van der Waals surface area contributed by atoms with Gasteiger partial charge in [0.25, 0.3) is 0 Å². The van der Waals surface area contributed by atoms with Gasteiger partial charge in [-0.1, -0.05) is 20.8 Å². The lowest BCUT2D eigenvalue weighted by Gasteiger charge is -2.15. The van der Waals surface area contributed by atoms with Crippen LogP contribution in [0.3, 0.4) is 0 Å². The highest BCUT2D eigenvalue weighted by Gasteiger charge is 2.19. The van der Waals surface area contributed by atoms with Crippen LogP contribution >= 0.6 is 0 Å². The van der Waals surface area contributed by atoms with Gasteiger partial charge in [-0.25, -0.2) is 0 Å². The number of benzene rings is 1. The lowest BCUT2D eigenvalue weighted by Crippen LogP contribution is -2.17.